The van der Waals surface area contributed by atoms with Crippen LogP contribution in [0.5, 0.6) is 0 Å². The summed E-state index contributed by atoms with van der Waals surface area (Å²) in [7, 11) is 0. The average molecular weight is 431 g/mol. The Bertz CT molecular complexity index is 1270. The van der Waals surface area contributed by atoms with Crippen LogP contribution >= 0.6 is 0 Å². The zero-order chi connectivity index (χ0) is 22.4. The molecule has 0 fully saturated rings. The molecule has 5 rings (SSSR count). The average Bonchev–Trinajstić information content (AvgIpc) is 3.22. The molecule has 3 aromatic rings. The molecule has 2 aliphatic heterocycles. The molecular weight excluding hydrogens is 406 g/mol. The third-order valence-corrected chi connectivity index (χ3v) is 6.39. The number of aryl methyl sites for hydroxylation is 1. The van der Waals surface area contributed by atoms with Gasteiger partial charge in [0.2, 0.25) is 5.91 Å². The van der Waals surface area contributed by atoms with Gasteiger partial charge in [-0.3, -0.25) is 14.4 Å². The Kier molecular flexibility index (Phi) is 4.92. The highest BCUT2D eigenvalue weighted by Crippen LogP contribution is 2.21. The van der Waals surface area contributed by atoms with Gasteiger partial charge in [0.15, 0.2) is 0 Å². The van der Waals surface area contributed by atoms with Gasteiger partial charge in [-0.1, -0.05) is 24.3 Å². The van der Waals surface area contributed by atoms with Crippen LogP contribution in [0.25, 0.3) is 5.69 Å². The summed E-state index contributed by atoms with van der Waals surface area (Å²) in [5.41, 5.74) is 3.76. The third-order valence-electron chi connectivity index (χ3n) is 6.39. The molecule has 0 bridgehead atoms. The van der Waals surface area contributed by atoms with Crippen molar-refractivity contribution in [3.05, 3.63) is 81.8 Å². The van der Waals surface area contributed by atoms with Crippen molar-refractivity contribution >= 4 is 11.8 Å². The number of imidazole rings is 1. The van der Waals surface area contributed by atoms with Crippen LogP contribution in [0, 0.1) is 6.92 Å². The van der Waals surface area contributed by atoms with Gasteiger partial charge in [0.05, 0.1) is 12.0 Å². The van der Waals surface area contributed by atoms with E-state index in [0.29, 0.717) is 31.0 Å². The summed E-state index contributed by atoms with van der Waals surface area (Å²) in [6, 6.07) is 11.2. The number of benzene rings is 1. The quantitative estimate of drug-likeness (QED) is 0.633. The summed E-state index contributed by atoms with van der Waals surface area (Å²) in [6.45, 7) is 5.30. The minimum atomic E-state index is -0.292. The van der Waals surface area contributed by atoms with E-state index in [2.05, 4.69) is 11.1 Å². The van der Waals surface area contributed by atoms with E-state index < -0.39 is 0 Å². The lowest BCUT2D eigenvalue weighted by Gasteiger charge is -2.37. The standard InChI is InChI=1S/C24H25N5O3/c1-16-11-27(15-25-16)20-7-8-21-24(32)28(17(2)12-29(21)23(20)31)14-22(30)26-10-9-18-5-3-4-6-19(18)13-26/h3-8,11,15,17H,9-10,12-14H2,1-2H3/t17-/m1/s1. The molecule has 164 valence electrons. The molecule has 8 nitrogen and oxygen atoms in total. The number of rotatable bonds is 3. The summed E-state index contributed by atoms with van der Waals surface area (Å²) in [5, 5.41) is 0. The second-order valence-electron chi connectivity index (χ2n) is 8.56. The summed E-state index contributed by atoms with van der Waals surface area (Å²) in [6.07, 6.45) is 4.19. The smallest absolute Gasteiger partial charge is 0.275 e. The number of pyridine rings is 1. The van der Waals surface area contributed by atoms with E-state index in [9.17, 15) is 14.4 Å². The highest BCUT2D eigenvalue weighted by atomic mass is 16.2. The van der Waals surface area contributed by atoms with Crippen molar-refractivity contribution < 1.29 is 9.59 Å². The Balaban J connectivity index is 1.37. The predicted octanol–water partition coefficient (Wildman–Crippen LogP) is 1.77. The lowest BCUT2D eigenvalue weighted by Crippen LogP contribution is -2.53. The number of fused-ring (bicyclic) bond motifs is 2. The number of nitrogens with zero attached hydrogens (tertiary/aromatic N) is 5. The first-order chi connectivity index (χ1) is 15.4. The number of carbonyl (C=O) groups is 2. The summed E-state index contributed by atoms with van der Waals surface area (Å²) < 4.78 is 3.18. The Morgan fingerprint density at radius 3 is 2.66 bits per heavy atom. The second-order valence-corrected chi connectivity index (χ2v) is 8.56. The number of carbonyl (C=O) groups excluding carboxylic acids is 2. The molecule has 2 amide bonds. The van der Waals surface area contributed by atoms with Gasteiger partial charge in [-0.15, -0.1) is 0 Å². The Morgan fingerprint density at radius 1 is 1.12 bits per heavy atom. The second kappa shape index (κ2) is 7.78. The van der Waals surface area contributed by atoms with Crippen molar-refractivity contribution in [1.29, 1.82) is 0 Å². The van der Waals surface area contributed by atoms with E-state index in [-0.39, 0.29) is 30.0 Å². The van der Waals surface area contributed by atoms with Gasteiger partial charge < -0.3 is 18.9 Å². The lowest BCUT2D eigenvalue weighted by molar-refractivity contribution is -0.133. The molecular formula is C24H25N5O3. The molecule has 4 heterocycles. The van der Waals surface area contributed by atoms with Crippen LogP contribution in [0.2, 0.25) is 0 Å². The Hall–Kier alpha value is -3.68. The van der Waals surface area contributed by atoms with Gasteiger partial charge in [0.25, 0.3) is 11.5 Å². The number of aromatic nitrogens is 3. The maximum absolute atomic E-state index is 13.2. The van der Waals surface area contributed by atoms with Crippen molar-refractivity contribution in [2.75, 3.05) is 13.1 Å². The largest absolute Gasteiger partial charge is 0.336 e. The van der Waals surface area contributed by atoms with E-state index in [1.165, 1.54) is 10.1 Å². The highest BCUT2D eigenvalue weighted by molar-refractivity contribution is 5.96. The third kappa shape index (κ3) is 3.41. The molecule has 2 aliphatic rings. The molecule has 0 aliphatic carbocycles. The van der Waals surface area contributed by atoms with Crippen molar-refractivity contribution in [2.45, 2.75) is 39.4 Å². The van der Waals surface area contributed by atoms with Crippen molar-refractivity contribution in [2.24, 2.45) is 0 Å². The predicted molar refractivity (Wildman–Crippen MR) is 119 cm³/mol. The van der Waals surface area contributed by atoms with Crippen LogP contribution in [0.1, 0.15) is 34.2 Å². The summed E-state index contributed by atoms with van der Waals surface area (Å²) >= 11 is 0. The van der Waals surface area contributed by atoms with Crippen LogP contribution in [-0.4, -0.2) is 54.9 Å². The number of hydrogen-bond donors (Lipinski definition) is 0. The lowest BCUT2D eigenvalue weighted by atomic mass is 10.00. The molecule has 1 aromatic carbocycles. The number of amides is 2. The molecule has 0 N–H and O–H groups in total. The molecule has 0 unspecified atom stereocenters. The summed E-state index contributed by atoms with van der Waals surface area (Å²) in [5.74, 6) is -0.360. The van der Waals surface area contributed by atoms with Crippen LogP contribution in [0.15, 0.2) is 53.7 Å². The topological polar surface area (TPSA) is 80.4 Å². The Labute approximate surface area is 185 Å². The van der Waals surface area contributed by atoms with Gasteiger partial charge in [-0.05, 0) is 43.5 Å². The monoisotopic (exact) mass is 431 g/mol. The van der Waals surface area contributed by atoms with Crippen LogP contribution in [0.3, 0.4) is 0 Å². The first-order valence-electron chi connectivity index (χ1n) is 10.8. The van der Waals surface area contributed by atoms with Gasteiger partial charge in [-0.2, -0.15) is 0 Å². The minimum Gasteiger partial charge on any atom is -0.336 e. The molecule has 0 spiro atoms. The van der Waals surface area contributed by atoms with E-state index in [4.69, 9.17) is 0 Å². The maximum Gasteiger partial charge on any atom is 0.275 e. The van der Waals surface area contributed by atoms with Gasteiger partial charge >= 0.3 is 0 Å². The van der Waals surface area contributed by atoms with Gasteiger partial charge in [-0.25, -0.2) is 4.98 Å². The first-order valence-corrected chi connectivity index (χ1v) is 10.8. The Morgan fingerprint density at radius 2 is 1.91 bits per heavy atom. The zero-order valence-electron chi connectivity index (χ0n) is 18.2. The fourth-order valence-corrected chi connectivity index (χ4v) is 4.58. The van der Waals surface area contributed by atoms with Crippen LogP contribution in [0.4, 0.5) is 0 Å². The fraction of sp³-hybridized carbons (Fsp3) is 0.333. The van der Waals surface area contributed by atoms with E-state index >= 15 is 0 Å². The molecule has 0 saturated carbocycles. The van der Waals surface area contributed by atoms with Crippen molar-refractivity contribution in [3.63, 3.8) is 0 Å². The molecule has 1 atom stereocenters. The van der Waals surface area contributed by atoms with Gasteiger partial charge in [0, 0.05) is 31.9 Å². The SMILES string of the molecule is Cc1cn(-c2ccc3n(c2=O)C[C@@H](C)N(CC(=O)N2CCc4ccccc4C2)C3=O)cn1. The van der Waals surface area contributed by atoms with E-state index in [1.54, 1.807) is 34.1 Å². The van der Waals surface area contributed by atoms with Crippen LogP contribution in [-0.2, 0) is 24.3 Å². The fourth-order valence-electron chi connectivity index (χ4n) is 4.58. The van der Waals surface area contributed by atoms with Gasteiger partial charge in [0.1, 0.15) is 17.9 Å². The molecule has 32 heavy (non-hydrogen) atoms. The molecule has 0 saturated heterocycles. The summed E-state index contributed by atoms with van der Waals surface area (Å²) in [4.78, 5) is 46.9. The normalized spacial score (nSPS) is 17.8. The molecule has 0 radical (unpaired) electrons. The first kappa shape index (κ1) is 20.2. The van der Waals surface area contributed by atoms with E-state index in [0.717, 1.165) is 17.7 Å². The minimum absolute atomic E-state index is 0.0127. The number of hydrogen-bond acceptors (Lipinski definition) is 4. The van der Waals surface area contributed by atoms with E-state index in [1.807, 2.05) is 36.9 Å². The maximum atomic E-state index is 13.2. The van der Waals surface area contributed by atoms with Crippen molar-refractivity contribution in [1.82, 2.24) is 23.9 Å². The highest BCUT2D eigenvalue weighted by Gasteiger charge is 2.34. The zero-order valence-corrected chi connectivity index (χ0v) is 18.2. The molecule has 8 heteroatoms. The van der Waals surface area contributed by atoms with Crippen molar-refractivity contribution in [3.8, 4) is 5.69 Å². The molecule has 2 aromatic heterocycles. The van der Waals surface area contributed by atoms with Crippen LogP contribution < -0.4 is 5.56 Å².